The number of carbonyl (C=O) groups is 1. The number of nitrogens with zero attached hydrogens (tertiary/aromatic N) is 2. The van der Waals surface area contributed by atoms with Gasteiger partial charge in [0.05, 0.1) is 0 Å². The van der Waals surface area contributed by atoms with Crippen molar-refractivity contribution in [1.29, 1.82) is 0 Å². The monoisotopic (exact) mass is 168 g/mol. The summed E-state index contributed by atoms with van der Waals surface area (Å²) in [5, 5.41) is 2.55. The van der Waals surface area contributed by atoms with Crippen LogP contribution in [0.15, 0.2) is 12.4 Å². The fourth-order valence-electron chi connectivity index (χ4n) is 1.07. The normalized spacial score (nSPS) is 12.5. The van der Waals surface area contributed by atoms with E-state index in [1.165, 1.54) is 0 Å². The highest BCUT2D eigenvalue weighted by Gasteiger charge is 2.06. The Morgan fingerprint density at radius 3 is 2.92 bits per heavy atom. The van der Waals surface area contributed by atoms with E-state index in [1.54, 1.807) is 12.4 Å². The first-order valence-corrected chi connectivity index (χ1v) is 3.66. The first kappa shape index (κ1) is 8.58. The molecule has 0 spiro atoms. The first-order valence-electron chi connectivity index (χ1n) is 3.66. The second-order valence-corrected chi connectivity index (χ2v) is 2.57. The average Bonchev–Trinajstić information content (AvgIpc) is 2.33. The van der Waals surface area contributed by atoms with Crippen LogP contribution in [0.4, 0.5) is 4.79 Å². The van der Waals surface area contributed by atoms with E-state index < -0.39 is 6.03 Å². The highest BCUT2D eigenvalue weighted by atomic mass is 16.2. The van der Waals surface area contributed by atoms with E-state index in [4.69, 9.17) is 5.73 Å². The van der Waals surface area contributed by atoms with Crippen molar-refractivity contribution < 1.29 is 4.79 Å². The highest BCUT2D eigenvalue weighted by molar-refractivity contribution is 5.71. The zero-order chi connectivity index (χ0) is 9.14. The molecule has 0 fully saturated rings. The summed E-state index contributed by atoms with van der Waals surface area (Å²) in [4.78, 5) is 14.5. The van der Waals surface area contributed by atoms with Gasteiger partial charge < -0.3 is 15.6 Å². The Bertz CT molecular complexity index is 281. The minimum atomic E-state index is -0.532. The van der Waals surface area contributed by atoms with E-state index in [2.05, 4.69) is 10.3 Å². The fourth-order valence-corrected chi connectivity index (χ4v) is 1.07. The molecule has 0 radical (unpaired) electrons. The summed E-state index contributed by atoms with van der Waals surface area (Å²) < 4.78 is 1.82. The van der Waals surface area contributed by atoms with Gasteiger partial charge in [-0.3, -0.25) is 0 Å². The third-order valence-electron chi connectivity index (χ3n) is 1.63. The molecule has 0 aliphatic carbocycles. The summed E-state index contributed by atoms with van der Waals surface area (Å²) in [6, 6.07) is -0.532. The topological polar surface area (TPSA) is 72.9 Å². The van der Waals surface area contributed by atoms with Crippen molar-refractivity contribution in [3.8, 4) is 0 Å². The van der Waals surface area contributed by atoms with Crippen LogP contribution in [0.3, 0.4) is 0 Å². The van der Waals surface area contributed by atoms with Gasteiger partial charge in [-0.1, -0.05) is 0 Å². The molecule has 1 heterocycles. The van der Waals surface area contributed by atoms with Crippen molar-refractivity contribution in [2.24, 2.45) is 5.73 Å². The maximum absolute atomic E-state index is 10.5. The van der Waals surface area contributed by atoms with Crippen LogP contribution in [0.5, 0.6) is 0 Å². The van der Waals surface area contributed by atoms with E-state index in [1.807, 2.05) is 18.4 Å². The first-order chi connectivity index (χ1) is 5.61. The number of amides is 2. The summed E-state index contributed by atoms with van der Waals surface area (Å²) in [7, 11) is 0. The van der Waals surface area contributed by atoms with Crippen LogP contribution in [0.25, 0.3) is 0 Å². The van der Waals surface area contributed by atoms with Gasteiger partial charge in [0.25, 0.3) is 0 Å². The molecule has 5 nitrogen and oxygen atoms in total. The standard InChI is InChI=1S/C7H12N4O/c1-5-9-3-4-11(5)6(2)10-7(8)12/h3-4,6H,1-2H3,(H3,8,10,12). The molecular weight excluding hydrogens is 156 g/mol. The van der Waals surface area contributed by atoms with Crippen LogP contribution in [-0.2, 0) is 0 Å². The van der Waals surface area contributed by atoms with Gasteiger partial charge in [-0.15, -0.1) is 0 Å². The maximum atomic E-state index is 10.5. The third-order valence-corrected chi connectivity index (χ3v) is 1.63. The number of hydrogen-bond acceptors (Lipinski definition) is 2. The zero-order valence-electron chi connectivity index (χ0n) is 7.11. The lowest BCUT2D eigenvalue weighted by molar-refractivity contribution is 0.241. The van der Waals surface area contributed by atoms with Crippen molar-refractivity contribution in [3.05, 3.63) is 18.2 Å². The molecule has 0 aliphatic heterocycles. The molecule has 2 amide bonds. The van der Waals surface area contributed by atoms with Crippen molar-refractivity contribution in [3.63, 3.8) is 0 Å². The van der Waals surface area contributed by atoms with Crippen LogP contribution in [0.1, 0.15) is 18.9 Å². The number of rotatable bonds is 2. The molecule has 66 valence electrons. The molecule has 1 aromatic heterocycles. The quantitative estimate of drug-likeness (QED) is 0.670. The van der Waals surface area contributed by atoms with Gasteiger partial charge >= 0.3 is 6.03 Å². The fraction of sp³-hybridized carbons (Fsp3) is 0.429. The molecular formula is C7H12N4O. The van der Waals surface area contributed by atoms with E-state index in [0.717, 1.165) is 5.82 Å². The van der Waals surface area contributed by atoms with Gasteiger partial charge in [-0.25, -0.2) is 9.78 Å². The SMILES string of the molecule is Cc1nccn1C(C)NC(N)=O. The number of aromatic nitrogens is 2. The number of nitrogens with two attached hydrogens (primary N) is 1. The lowest BCUT2D eigenvalue weighted by Gasteiger charge is -2.14. The Labute approximate surface area is 70.6 Å². The van der Waals surface area contributed by atoms with Crippen LogP contribution in [0, 0.1) is 6.92 Å². The Morgan fingerprint density at radius 2 is 2.50 bits per heavy atom. The summed E-state index contributed by atoms with van der Waals surface area (Å²) in [5.41, 5.74) is 4.97. The van der Waals surface area contributed by atoms with Gasteiger partial charge in [0.15, 0.2) is 0 Å². The number of primary amides is 1. The average molecular weight is 168 g/mol. The van der Waals surface area contributed by atoms with Crippen LogP contribution in [0.2, 0.25) is 0 Å². The Balaban J connectivity index is 2.71. The molecule has 0 aromatic carbocycles. The predicted molar refractivity (Wildman–Crippen MR) is 44.4 cm³/mol. The Morgan fingerprint density at radius 1 is 1.83 bits per heavy atom. The van der Waals surface area contributed by atoms with Gasteiger partial charge in [0.2, 0.25) is 0 Å². The van der Waals surface area contributed by atoms with Crippen molar-refractivity contribution in [1.82, 2.24) is 14.9 Å². The third kappa shape index (κ3) is 1.75. The largest absolute Gasteiger partial charge is 0.352 e. The van der Waals surface area contributed by atoms with Crippen molar-refractivity contribution >= 4 is 6.03 Å². The number of aryl methyl sites for hydroxylation is 1. The lowest BCUT2D eigenvalue weighted by atomic mass is 10.5. The molecule has 0 aliphatic rings. The molecule has 0 saturated carbocycles. The van der Waals surface area contributed by atoms with Gasteiger partial charge in [-0.05, 0) is 13.8 Å². The van der Waals surface area contributed by atoms with Gasteiger partial charge in [0, 0.05) is 12.4 Å². The number of nitrogens with one attached hydrogen (secondary N) is 1. The number of imidazole rings is 1. The Hall–Kier alpha value is -1.52. The minimum Gasteiger partial charge on any atom is -0.352 e. The van der Waals surface area contributed by atoms with Gasteiger partial charge in [0.1, 0.15) is 12.0 Å². The van der Waals surface area contributed by atoms with Crippen molar-refractivity contribution in [2.75, 3.05) is 0 Å². The molecule has 3 N–H and O–H groups in total. The molecule has 0 bridgehead atoms. The van der Waals surface area contributed by atoms with E-state index >= 15 is 0 Å². The summed E-state index contributed by atoms with van der Waals surface area (Å²) in [5.74, 6) is 0.844. The molecule has 1 rings (SSSR count). The van der Waals surface area contributed by atoms with Crippen LogP contribution in [-0.4, -0.2) is 15.6 Å². The second-order valence-electron chi connectivity index (χ2n) is 2.57. The second kappa shape index (κ2) is 3.25. The van der Waals surface area contributed by atoms with Crippen molar-refractivity contribution in [2.45, 2.75) is 20.0 Å². The van der Waals surface area contributed by atoms with E-state index in [0.29, 0.717) is 0 Å². The van der Waals surface area contributed by atoms with E-state index in [9.17, 15) is 4.79 Å². The summed E-state index contributed by atoms with van der Waals surface area (Å²) in [6.07, 6.45) is 3.31. The molecule has 1 aromatic rings. The highest BCUT2D eigenvalue weighted by Crippen LogP contribution is 2.03. The van der Waals surface area contributed by atoms with Gasteiger partial charge in [-0.2, -0.15) is 0 Å². The van der Waals surface area contributed by atoms with Crippen LogP contribution < -0.4 is 11.1 Å². The number of urea groups is 1. The minimum absolute atomic E-state index is 0.148. The maximum Gasteiger partial charge on any atom is 0.313 e. The molecule has 12 heavy (non-hydrogen) atoms. The summed E-state index contributed by atoms with van der Waals surface area (Å²) >= 11 is 0. The lowest BCUT2D eigenvalue weighted by Crippen LogP contribution is -2.34. The van der Waals surface area contributed by atoms with Crippen LogP contribution >= 0.6 is 0 Å². The predicted octanol–water partition coefficient (Wildman–Crippen LogP) is 0.378. The van der Waals surface area contributed by atoms with E-state index in [-0.39, 0.29) is 6.17 Å². The number of carbonyl (C=O) groups excluding carboxylic acids is 1. The number of hydrogen-bond donors (Lipinski definition) is 2. The molecule has 1 unspecified atom stereocenters. The summed E-state index contributed by atoms with van der Waals surface area (Å²) in [6.45, 7) is 3.69. The Kier molecular flexibility index (Phi) is 2.32. The molecule has 0 saturated heterocycles. The molecule has 1 atom stereocenters. The molecule has 5 heteroatoms. The smallest absolute Gasteiger partial charge is 0.313 e. The zero-order valence-corrected chi connectivity index (χ0v) is 7.11.